The van der Waals surface area contributed by atoms with Gasteiger partial charge in [0.1, 0.15) is 0 Å². The summed E-state index contributed by atoms with van der Waals surface area (Å²) in [5.74, 6) is 5.73. The van der Waals surface area contributed by atoms with E-state index >= 15 is 0 Å². The summed E-state index contributed by atoms with van der Waals surface area (Å²) in [5.41, 5.74) is 2.29. The van der Waals surface area contributed by atoms with Crippen LogP contribution in [0.2, 0.25) is 0 Å². The number of amides is 1. The van der Waals surface area contributed by atoms with Crippen molar-refractivity contribution < 1.29 is 9.90 Å². The number of hydrogen-bond donors (Lipinski definition) is 3. The van der Waals surface area contributed by atoms with Gasteiger partial charge in [0.15, 0.2) is 0 Å². The molecule has 130 valence electrons. The minimum atomic E-state index is -0.368. The van der Waals surface area contributed by atoms with Gasteiger partial charge >= 0.3 is 0 Å². The average molecular weight is 312 g/mol. The maximum absolute atomic E-state index is 12.0. The zero-order valence-corrected chi connectivity index (χ0v) is 14.4. The number of carbonyl (C=O) groups excluding carboxylic acids is 1. The topological polar surface area (TPSA) is 75.3 Å². The molecule has 0 heterocycles. The number of hydrogen-bond acceptors (Lipinski definition) is 3. The molecule has 1 aliphatic rings. The molecule has 4 N–H and O–H groups in total. The van der Waals surface area contributed by atoms with Gasteiger partial charge in [-0.15, -0.1) is 0 Å². The monoisotopic (exact) mass is 312 g/mol. The molecule has 1 fully saturated rings. The fourth-order valence-corrected chi connectivity index (χ4v) is 3.68. The molecule has 0 aliphatic heterocycles. The Morgan fingerprint density at radius 3 is 2.50 bits per heavy atom. The van der Waals surface area contributed by atoms with E-state index in [1.165, 1.54) is 57.8 Å². The van der Waals surface area contributed by atoms with Gasteiger partial charge in [-0.1, -0.05) is 71.1 Å². The molecule has 1 rings (SSSR count). The van der Waals surface area contributed by atoms with Gasteiger partial charge in [0, 0.05) is 5.92 Å². The number of rotatable bonds is 11. The summed E-state index contributed by atoms with van der Waals surface area (Å²) >= 11 is 0. The SMILES string of the molecule is CCCCCCC[C@H](O)C[C@H](CC1CCCCC1)C(=O)NN. The molecule has 1 amide bonds. The Hall–Kier alpha value is -0.610. The summed E-state index contributed by atoms with van der Waals surface area (Å²) in [5, 5.41) is 10.2. The van der Waals surface area contributed by atoms with Gasteiger partial charge in [-0.2, -0.15) is 0 Å². The molecular formula is C18H36N2O2. The third kappa shape index (κ3) is 8.14. The van der Waals surface area contributed by atoms with Crippen molar-refractivity contribution in [2.24, 2.45) is 17.7 Å². The third-order valence-electron chi connectivity index (χ3n) is 5.05. The number of carbonyl (C=O) groups is 1. The first-order chi connectivity index (χ1) is 10.7. The van der Waals surface area contributed by atoms with E-state index in [9.17, 15) is 9.90 Å². The zero-order valence-electron chi connectivity index (χ0n) is 14.4. The fourth-order valence-electron chi connectivity index (χ4n) is 3.68. The van der Waals surface area contributed by atoms with E-state index in [0.29, 0.717) is 12.3 Å². The highest BCUT2D eigenvalue weighted by molar-refractivity contribution is 5.77. The Labute approximate surface area is 136 Å². The molecule has 0 spiro atoms. The van der Waals surface area contributed by atoms with E-state index in [1.54, 1.807) is 0 Å². The van der Waals surface area contributed by atoms with Gasteiger partial charge in [0.25, 0.3) is 0 Å². The van der Waals surface area contributed by atoms with Crippen LogP contribution in [-0.4, -0.2) is 17.1 Å². The molecule has 0 aromatic heterocycles. The lowest BCUT2D eigenvalue weighted by Gasteiger charge is -2.26. The van der Waals surface area contributed by atoms with Crippen LogP contribution < -0.4 is 11.3 Å². The summed E-state index contributed by atoms with van der Waals surface area (Å²) < 4.78 is 0. The minimum absolute atomic E-state index is 0.101. The molecule has 0 saturated heterocycles. The van der Waals surface area contributed by atoms with Crippen molar-refractivity contribution in [2.75, 3.05) is 0 Å². The van der Waals surface area contributed by atoms with Crippen LogP contribution in [0.25, 0.3) is 0 Å². The molecule has 22 heavy (non-hydrogen) atoms. The van der Waals surface area contributed by atoms with Crippen molar-refractivity contribution in [3.05, 3.63) is 0 Å². The number of hydrazine groups is 1. The molecule has 0 bridgehead atoms. The second-order valence-corrected chi connectivity index (χ2v) is 7.04. The Kier molecular flexibility index (Phi) is 10.5. The average Bonchev–Trinajstić information content (AvgIpc) is 2.54. The zero-order chi connectivity index (χ0) is 16.2. The molecule has 0 radical (unpaired) electrons. The highest BCUT2D eigenvalue weighted by Crippen LogP contribution is 2.31. The van der Waals surface area contributed by atoms with Crippen LogP contribution in [0.15, 0.2) is 0 Å². The van der Waals surface area contributed by atoms with Crippen LogP contribution in [0.3, 0.4) is 0 Å². The maximum atomic E-state index is 12.0. The number of unbranched alkanes of at least 4 members (excludes halogenated alkanes) is 4. The smallest absolute Gasteiger partial charge is 0.237 e. The molecule has 2 atom stereocenters. The van der Waals surface area contributed by atoms with Crippen LogP contribution in [-0.2, 0) is 4.79 Å². The first-order valence-corrected chi connectivity index (χ1v) is 9.35. The largest absolute Gasteiger partial charge is 0.393 e. The van der Waals surface area contributed by atoms with E-state index in [-0.39, 0.29) is 17.9 Å². The molecule has 0 aromatic carbocycles. The summed E-state index contributed by atoms with van der Waals surface area (Å²) in [4.78, 5) is 12.0. The second kappa shape index (κ2) is 11.9. The van der Waals surface area contributed by atoms with Crippen LogP contribution in [0, 0.1) is 11.8 Å². The van der Waals surface area contributed by atoms with Crippen molar-refractivity contribution in [1.82, 2.24) is 5.43 Å². The molecule has 4 heteroatoms. The van der Waals surface area contributed by atoms with Crippen molar-refractivity contribution >= 4 is 5.91 Å². The van der Waals surface area contributed by atoms with E-state index in [0.717, 1.165) is 19.3 Å². The van der Waals surface area contributed by atoms with Crippen LogP contribution in [0.1, 0.15) is 90.4 Å². The van der Waals surface area contributed by atoms with Crippen molar-refractivity contribution in [3.63, 3.8) is 0 Å². The van der Waals surface area contributed by atoms with E-state index in [2.05, 4.69) is 12.3 Å². The summed E-state index contributed by atoms with van der Waals surface area (Å²) in [7, 11) is 0. The maximum Gasteiger partial charge on any atom is 0.237 e. The van der Waals surface area contributed by atoms with Crippen molar-refractivity contribution in [3.8, 4) is 0 Å². The van der Waals surface area contributed by atoms with E-state index in [1.807, 2.05) is 0 Å². The van der Waals surface area contributed by atoms with E-state index < -0.39 is 0 Å². The Morgan fingerprint density at radius 2 is 1.86 bits per heavy atom. The summed E-state index contributed by atoms with van der Waals surface area (Å²) in [6, 6.07) is 0. The van der Waals surface area contributed by atoms with Crippen molar-refractivity contribution in [1.29, 1.82) is 0 Å². The summed E-state index contributed by atoms with van der Waals surface area (Å²) in [6.45, 7) is 2.20. The van der Waals surface area contributed by atoms with Gasteiger partial charge in [-0.3, -0.25) is 10.2 Å². The number of nitrogens with two attached hydrogens (primary N) is 1. The lowest BCUT2D eigenvalue weighted by molar-refractivity contribution is -0.126. The Balaban J connectivity index is 2.31. The van der Waals surface area contributed by atoms with Crippen molar-refractivity contribution in [2.45, 2.75) is 96.5 Å². The first-order valence-electron chi connectivity index (χ1n) is 9.35. The highest BCUT2D eigenvalue weighted by Gasteiger charge is 2.26. The van der Waals surface area contributed by atoms with Gasteiger partial charge in [-0.05, 0) is 25.2 Å². The second-order valence-electron chi connectivity index (χ2n) is 7.04. The minimum Gasteiger partial charge on any atom is -0.393 e. The molecule has 0 unspecified atom stereocenters. The standard InChI is InChI=1S/C18H36N2O2/c1-2-3-4-5-9-12-17(21)14-16(18(22)20-19)13-15-10-7-6-8-11-15/h15-17,21H,2-14,19H2,1H3,(H,20,22)/t16-,17-/m0/s1. The number of aliphatic hydroxyl groups is 1. The Morgan fingerprint density at radius 1 is 1.18 bits per heavy atom. The lowest BCUT2D eigenvalue weighted by Crippen LogP contribution is -2.38. The predicted molar refractivity (Wildman–Crippen MR) is 91.0 cm³/mol. The Bertz CT molecular complexity index is 291. The van der Waals surface area contributed by atoms with Crippen LogP contribution in [0.5, 0.6) is 0 Å². The lowest BCUT2D eigenvalue weighted by atomic mass is 9.80. The third-order valence-corrected chi connectivity index (χ3v) is 5.05. The fraction of sp³-hybridized carbons (Fsp3) is 0.944. The molecule has 4 nitrogen and oxygen atoms in total. The van der Waals surface area contributed by atoms with Gasteiger partial charge < -0.3 is 5.11 Å². The summed E-state index contributed by atoms with van der Waals surface area (Å²) in [6.07, 6.45) is 14.2. The van der Waals surface area contributed by atoms with Crippen LogP contribution in [0.4, 0.5) is 0 Å². The predicted octanol–water partition coefficient (Wildman–Crippen LogP) is 3.67. The normalized spacial score (nSPS) is 18.9. The quantitative estimate of drug-likeness (QED) is 0.236. The number of aliphatic hydroxyl groups excluding tert-OH is 1. The van der Waals surface area contributed by atoms with Gasteiger partial charge in [0.2, 0.25) is 5.91 Å². The molecule has 1 saturated carbocycles. The highest BCUT2D eigenvalue weighted by atomic mass is 16.3. The molecular weight excluding hydrogens is 276 g/mol. The number of nitrogens with one attached hydrogen (secondary N) is 1. The first kappa shape index (κ1) is 19.4. The molecule has 0 aromatic rings. The van der Waals surface area contributed by atoms with E-state index in [4.69, 9.17) is 5.84 Å². The van der Waals surface area contributed by atoms with Gasteiger partial charge in [0.05, 0.1) is 6.10 Å². The van der Waals surface area contributed by atoms with Crippen LogP contribution >= 0.6 is 0 Å². The molecule has 1 aliphatic carbocycles. The van der Waals surface area contributed by atoms with Gasteiger partial charge in [-0.25, -0.2) is 5.84 Å².